The minimum absolute atomic E-state index is 0.154. The molecule has 4 rings (SSSR count). The predicted octanol–water partition coefficient (Wildman–Crippen LogP) is 4.94. The van der Waals surface area contributed by atoms with E-state index in [1.165, 1.54) is 12.3 Å². The van der Waals surface area contributed by atoms with Crippen LogP contribution in [-0.4, -0.2) is 48.4 Å². The van der Waals surface area contributed by atoms with Crippen LogP contribution in [-0.2, 0) is 4.79 Å². The van der Waals surface area contributed by atoms with E-state index < -0.39 is 12.2 Å². The van der Waals surface area contributed by atoms with Crippen molar-refractivity contribution >= 4 is 22.5 Å². The molecule has 0 radical (unpaired) electrons. The Balaban J connectivity index is 1.40. The van der Waals surface area contributed by atoms with Crippen LogP contribution in [0.5, 0.6) is 23.1 Å². The summed E-state index contributed by atoms with van der Waals surface area (Å²) in [6.45, 7) is 5.53. The van der Waals surface area contributed by atoms with Gasteiger partial charge in [0, 0.05) is 36.2 Å². The second kappa shape index (κ2) is 12.7. The van der Waals surface area contributed by atoms with Gasteiger partial charge in [0.15, 0.2) is 11.5 Å². The number of alkyl halides is 1. The van der Waals surface area contributed by atoms with Gasteiger partial charge >= 0.3 is 0 Å². The lowest BCUT2D eigenvalue weighted by Gasteiger charge is -2.28. The molecule has 0 saturated heterocycles. The minimum atomic E-state index is -1.28. The van der Waals surface area contributed by atoms with Crippen LogP contribution in [0.2, 0.25) is 0 Å². The SMILES string of the molecule is C=CC(F)[C@H](NNC1CC1)[C@@H](CC)CC(=O)Nc1ccc(Oc2ccnc3cc(OC)c(OC)cc23)nc1. The van der Waals surface area contributed by atoms with Crippen LogP contribution in [0.15, 0.2) is 55.4 Å². The fourth-order valence-corrected chi connectivity index (χ4v) is 4.18. The number of methoxy groups -OCH3 is 2. The first kappa shape index (κ1) is 27.3. The molecule has 3 aromatic rings. The molecule has 1 aliphatic rings. The van der Waals surface area contributed by atoms with E-state index in [1.54, 1.807) is 50.7 Å². The fraction of sp³-hybridized carbons (Fsp3) is 0.393. The van der Waals surface area contributed by atoms with Crippen molar-refractivity contribution in [1.29, 1.82) is 0 Å². The van der Waals surface area contributed by atoms with Gasteiger partial charge in [-0.1, -0.05) is 19.4 Å². The molecule has 3 N–H and O–H groups in total. The van der Waals surface area contributed by atoms with Gasteiger partial charge in [0.25, 0.3) is 0 Å². The summed E-state index contributed by atoms with van der Waals surface area (Å²) < 4.78 is 31.3. The van der Waals surface area contributed by atoms with Gasteiger partial charge in [0.2, 0.25) is 11.8 Å². The van der Waals surface area contributed by atoms with E-state index in [-0.39, 0.29) is 18.2 Å². The number of aromatic nitrogens is 2. The summed E-state index contributed by atoms with van der Waals surface area (Å²) in [4.78, 5) is 21.5. The molecular formula is C28H34FN5O4. The molecule has 0 bridgehead atoms. The van der Waals surface area contributed by atoms with Gasteiger partial charge in [0.1, 0.15) is 11.9 Å². The van der Waals surface area contributed by atoms with Crippen molar-refractivity contribution in [3.05, 3.63) is 55.4 Å². The van der Waals surface area contributed by atoms with Gasteiger partial charge in [-0.05, 0) is 37.0 Å². The number of hydrogen-bond acceptors (Lipinski definition) is 8. The summed E-state index contributed by atoms with van der Waals surface area (Å²) in [6, 6.07) is 8.50. The van der Waals surface area contributed by atoms with Crippen molar-refractivity contribution in [1.82, 2.24) is 20.8 Å². The van der Waals surface area contributed by atoms with Crippen molar-refractivity contribution in [3.8, 4) is 23.1 Å². The molecule has 202 valence electrons. The summed E-state index contributed by atoms with van der Waals surface area (Å²) in [5.41, 5.74) is 7.43. The van der Waals surface area contributed by atoms with Gasteiger partial charge in [-0.2, -0.15) is 0 Å². The molecule has 1 saturated carbocycles. The number of carbonyl (C=O) groups is 1. The molecule has 3 atom stereocenters. The Kier molecular flexibility index (Phi) is 9.09. The van der Waals surface area contributed by atoms with Crippen molar-refractivity contribution in [2.75, 3.05) is 19.5 Å². The van der Waals surface area contributed by atoms with Crippen LogP contribution in [0.3, 0.4) is 0 Å². The van der Waals surface area contributed by atoms with Crippen LogP contribution in [0.1, 0.15) is 32.6 Å². The van der Waals surface area contributed by atoms with E-state index in [0.717, 1.165) is 18.2 Å². The standard InChI is InChI=1S/C28H34FN5O4/c1-5-17(28(21(29)6-2)34-33-18-7-8-18)13-26(35)32-19-9-10-27(31-16-19)38-23-11-12-30-22-15-25(37-4)24(36-3)14-20(22)23/h6,9-12,14-18,21,28,33-34H,2,5,7-8,13H2,1,3-4H3,(H,32,35)/t17-,21?,28+/m0/s1. The second-order valence-corrected chi connectivity index (χ2v) is 9.21. The zero-order chi connectivity index (χ0) is 27.1. The van der Waals surface area contributed by atoms with Crippen LogP contribution < -0.4 is 30.4 Å². The molecule has 10 heteroatoms. The third-order valence-electron chi connectivity index (χ3n) is 6.52. The highest BCUT2D eigenvalue weighted by Gasteiger charge is 2.31. The summed E-state index contributed by atoms with van der Waals surface area (Å²) >= 11 is 0. The number of anilines is 1. The number of hydrazine groups is 1. The third kappa shape index (κ3) is 6.76. The van der Waals surface area contributed by atoms with E-state index in [4.69, 9.17) is 14.2 Å². The maximum atomic E-state index is 14.6. The molecule has 1 unspecified atom stereocenters. The predicted molar refractivity (Wildman–Crippen MR) is 144 cm³/mol. The number of nitrogens with zero attached hydrogens (tertiary/aromatic N) is 2. The number of halogens is 1. The molecule has 1 amide bonds. The Morgan fingerprint density at radius 1 is 1.16 bits per heavy atom. The number of pyridine rings is 2. The van der Waals surface area contributed by atoms with Crippen molar-refractivity contribution in [2.45, 2.75) is 50.9 Å². The minimum Gasteiger partial charge on any atom is -0.493 e. The summed E-state index contributed by atoms with van der Waals surface area (Å²) in [5, 5.41) is 3.59. The number of ether oxygens (including phenoxy) is 3. The van der Waals surface area contributed by atoms with Gasteiger partial charge in [0.05, 0.1) is 37.7 Å². The average molecular weight is 524 g/mol. The van der Waals surface area contributed by atoms with E-state index in [9.17, 15) is 9.18 Å². The van der Waals surface area contributed by atoms with Gasteiger partial charge in [-0.15, -0.1) is 6.58 Å². The zero-order valence-electron chi connectivity index (χ0n) is 21.9. The molecule has 0 spiro atoms. The quantitative estimate of drug-likeness (QED) is 0.201. The molecule has 0 aliphatic heterocycles. The maximum Gasteiger partial charge on any atom is 0.224 e. The zero-order valence-corrected chi connectivity index (χ0v) is 21.9. The Bertz CT molecular complexity index is 1250. The lowest BCUT2D eigenvalue weighted by Crippen LogP contribution is -2.51. The van der Waals surface area contributed by atoms with Gasteiger partial charge in [-0.3, -0.25) is 20.6 Å². The molecular weight excluding hydrogens is 489 g/mol. The monoisotopic (exact) mass is 523 g/mol. The van der Waals surface area contributed by atoms with Crippen LogP contribution in [0.4, 0.5) is 10.1 Å². The van der Waals surface area contributed by atoms with E-state index >= 15 is 0 Å². The number of rotatable bonds is 14. The normalized spacial score (nSPS) is 15.4. The molecule has 1 aliphatic carbocycles. The summed E-state index contributed by atoms with van der Waals surface area (Å²) in [6.07, 6.45) is 6.07. The van der Waals surface area contributed by atoms with Crippen molar-refractivity contribution in [2.24, 2.45) is 5.92 Å². The second-order valence-electron chi connectivity index (χ2n) is 9.21. The number of benzene rings is 1. The van der Waals surface area contributed by atoms with Crippen LogP contribution >= 0.6 is 0 Å². The van der Waals surface area contributed by atoms with Crippen molar-refractivity contribution in [3.63, 3.8) is 0 Å². The highest BCUT2D eigenvalue weighted by Crippen LogP contribution is 2.36. The average Bonchev–Trinajstić information content (AvgIpc) is 3.77. The van der Waals surface area contributed by atoms with E-state index in [2.05, 4.69) is 32.7 Å². The molecule has 38 heavy (non-hydrogen) atoms. The van der Waals surface area contributed by atoms with E-state index in [0.29, 0.717) is 46.8 Å². The smallest absolute Gasteiger partial charge is 0.224 e. The summed E-state index contributed by atoms with van der Waals surface area (Å²) in [5.74, 6) is 1.58. The number of fused-ring (bicyclic) bond motifs is 1. The largest absolute Gasteiger partial charge is 0.493 e. The highest BCUT2D eigenvalue weighted by molar-refractivity contribution is 5.91. The topological polar surface area (TPSA) is 107 Å². The number of carbonyl (C=O) groups excluding carboxylic acids is 1. The van der Waals surface area contributed by atoms with Crippen LogP contribution in [0, 0.1) is 5.92 Å². The Hall–Kier alpha value is -3.76. The molecule has 2 heterocycles. The summed E-state index contributed by atoms with van der Waals surface area (Å²) in [7, 11) is 3.13. The first-order valence-corrected chi connectivity index (χ1v) is 12.7. The van der Waals surface area contributed by atoms with Crippen LogP contribution in [0.25, 0.3) is 10.9 Å². The highest BCUT2D eigenvalue weighted by atomic mass is 19.1. The number of amides is 1. The molecule has 1 fully saturated rings. The Morgan fingerprint density at radius 2 is 1.92 bits per heavy atom. The molecule has 1 aromatic carbocycles. The van der Waals surface area contributed by atoms with Gasteiger partial charge in [-0.25, -0.2) is 9.37 Å². The van der Waals surface area contributed by atoms with Crippen molar-refractivity contribution < 1.29 is 23.4 Å². The number of nitrogens with one attached hydrogen (secondary N) is 3. The first-order valence-electron chi connectivity index (χ1n) is 12.7. The first-order chi connectivity index (χ1) is 18.4. The Labute approximate surface area is 221 Å². The molecule has 9 nitrogen and oxygen atoms in total. The lowest BCUT2D eigenvalue weighted by molar-refractivity contribution is -0.117. The molecule has 2 aromatic heterocycles. The van der Waals surface area contributed by atoms with Gasteiger partial charge < -0.3 is 19.5 Å². The Morgan fingerprint density at radius 3 is 2.55 bits per heavy atom. The fourth-order valence-electron chi connectivity index (χ4n) is 4.18. The maximum absolute atomic E-state index is 14.6. The third-order valence-corrected chi connectivity index (χ3v) is 6.52. The number of hydrogen-bond donors (Lipinski definition) is 3. The van der Waals surface area contributed by atoms with E-state index in [1.807, 2.05) is 6.92 Å². The lowest BCUT2D eigenvalue weighted by atomic mass is 9.90.